The zero-order chi connectivity index (χ0) is 22.3. The van der Waals surface area contributed by atoms with Crippen LogP contribution < -0.4 is 0 Å². The van der Waals surface area contributed by atoms with E-state index in [9.17, 15) is 23.9 Å². The number of benzene rings is 1. The van der Waals surface area contributed by atoms with Gasteiger partial charge in [-0.3, -0.25) is 14.3 Å². The second-order valence-electron chi connectivity index (χ2n) is 7.55. The molecule has 1 aliphatic rings. The van der Waals surface area contributed by atoms with Crippen LogP contribution in [0, 0.1) is 6.92 Å². The van der Waals surface area contributed by atoms with Crippen molar-refractivity contribution < 1.29 is 23.9 Å². The fourth-order valence-corrected chi connectivity index (χ4v) is 3.79. The van der Waals surface area contributed by atoms with E-state index in [0.29, 0.717) is 16.7 Å². The molecule has 3 aromatic rings. The summed E-state index contributed by atoms with van der Waals surface area (Å²) in [5, 5.41) is 14.1. The Balaban J connectivity index is 1.70. The normalized spacial score (nSPS) is 18.5. The molecular weight excluding hydrogens is 405 g/mol. The maximum atomic E-state index is 13.7. The molecule has 3 heterocycles. The van der Waals surface area contributed by atoms with Gasteiger partial charge in [0.1, 0.15) is 30.3 Å². The van der Waals surface area contributed by atoms with Crippen LogP contribution in [0.4, 0.5) is 4.39 Å². The van der Waals surface area contributed by atoms with Crippen molar-refractivity contribution >= 4 is 28.6 Å². The number of aryl methyl sites for hydroxylation is 1. The summed E-state index contributed by atoms with van der Waals surface area (Å²) in [6.45, 7) is 2.59. The second-order valence-corrected chi connectivity index (χ2v) is 7.55. The number of carbonyl (C=O) groups excluding carboxylic acids is 2. The van der Waals surface area contributed by atoms with Gasteiger partial charge in [0, 0.05) is 36.7 Å². The highest BCUT2D eigenvalue weighted by atomic mass is 19.1. The monoisotopic (exact) mass is 425 g/mol. The van der Waals surface area contributed by atoms with Crippen LogP contribution in [0.2, 0.25) is 0 Å². The first-order chi connectivity index (χ1) is 14.7. The largest absolute Gasteiger partial charge is 0.480 e. The van der Waals surface area contributed by atoms with Crippen LogP contribution >= 0.6 is 0 Å². The number of halogens is 1. The maximum Gasteiger partial charge on any atom is 0.326 e. The topological polar surface area (TPSA) is 118 Å². The number of amides is 1. The Morgan fingerprint density at radius 1 is 1.19 bits per heavy atom. The van der Waals surface area contributed by atoms with Crippen molar-refractivity contribution in [3.8, 4) is 11.1 Å². The predicted molar refractivity (Wildman–Crippen MR) is 108 cm³/mol. The molecule has 31 heavy (non-hydrogen) atoms. The van der Waals surface area contributed by atoms with Gasteiger partial charge in [-0.05, 0) is 24.6 Å². The third-order valence-electron chi connectivity index (χ3n) is 5.34. The molecule has 10 heteroatoms. The van der Waals surface area contributed by atoms with E-state index in [2.05, 4.69) is 15.1 Å². The number of Topliss-reactive ketones (excluding diaryl/α,β-unsaturated/α-hetero) is 1. The number of carboxylic acid groups (broad SMARTS) is 1. The molecule has 1 N–H and O–H groups in total. The highest BCUT2D eigenvalue weighted by molar-refractivity contribution is 6.06. The quantitative estimate of drug-likeness (QED) is 0.621. The average molecular weight is 425 g/mol. The first-order valence-corrected chi connectivity index (χ1v) is 9.71. The van der Waals surface area contributed by atoms with Crippen molar-refractivity contribution in [2.75, 3.05) is 6.54 Å². The van der Waals surface area contributed by atoms with Gasteiger partial charge in [0.05, 0.1) is 12.1 Å². The third kappa shape index (κ3) is 3.88. The summed E-state index contributed by atoms with van der Waals surface area (Å²) in [5.41, 5.74) is 2.28. The Morgan fingerprint density at radius 3 is 2.55 bits per heavy atom. The van der Waals surface area contributed by atoms with Crippen LogP contribution in [-0.2, 0) is 16.1 Å². The van der Waals surface area contributed by atoms with Crippen LogP contribution in [0.1, 0.15) is 29.7 Å². The number of aromatic nitrogens is 4. The number of carbonyl (C=O) groups is 3. The molecule has 160 valence electrons. The van der Waals surface area contributed by atoms with E-state index in [1.807, 2.05) is 0 Å². The Labute approximate surface area is 176 Å². The lowest BCUT2D eigenvalue weighted by Gasteiger charge is -2.21. The van der Waals surface area contributed by atoms with E-state index >= 15 is 0 Å². The van der Waals surface area contributed by atoms with Crippen molar-refractivity contribution in [3.05, 3.63) is 42.1 Å². The number of likely N-dealkylation sites (tertiary alicyclic amines) is 1. The van der Waals surface area contributed by atoms with Gasteiger partial charge in [-0.15, -0.1) is 0 Å². The van der Waals surface area contributed by atoms with Crippen molar-refractivity contribution in [3.63, 3.8) is 0 Å². The minimum absolute atomic E-state index is 0.192. The number of fused-ring (bicyclic) bond motifs is 1. The van der Waals surface area contributed by atoms with Gasteiger partial charge in [-0.1, -0.05) is 6.07 Å². The molecule has 1 amide bonds. The Morgan fingerprint density at radius 2 is 1.90 bits per heavy atom. The van der Waals surface area contributed by atoms with Gasteiger partial charge >= 0.3 is 5.97 Å². The van der Waals surface area contributed by atoms with Crippen molar-refractivity contribution in [2.45, 2.75) is 39.0 Å². The Hall–Kier alpha value is -3.69. The van der Waals surface area contributed by atoms with Gasteiger partial charge in [0.2, 0.25) is 5.91 Å². The molecule has 1 saturated heterocycles. The van der Waals surface area contributed by atoms with E-state index in [1.165, 1.54) is 11.6 Å². The summed E-state index contributed by atoms with van der Waals surface area (Å²) >= 11 is 0. The maximum absolute atomic E-state index is 13.7. The van der Waals surface area contributed by atoms with E-state index in [1.54, 1.807) is 37.5 Å². The lowest BCUT2D eigenvalue weighted by molar-refractivity contribution is -0.148. The number of nitrogens with zero attached hydrogens (tertiary/aromatic N) is 5. The number of aliphatic carboxylic acids is 1. The SMILES string of the molecule is CC(=O)c1nn(CC(=O)N2CC(F)CC2C(=O)O)c2ccc(-c3cnc(C)nc3)cc12. The summed E-state index contributed by atoms with van der Waals surface area (Å²) in [5.74, 6) is -1.45. The molecule has 0 spiro atoms. The van der Waals surface area contributed by atoms with Gasteiger partial charge in [0.15, 0.2) is 5.78 Å². The summed E-state index contributed by atoms with van der Waals surface area (Å²) in [6, 6.07) is 4.11. The number of rotatable bonds is 5. The molecule has 2 unspecified atom stereocenters. The minimum Gasteiger partial charge on any atom is -0.480 e. The molecule has 0 radical (unpaired) electrons. The number of hydrogen-bond acceptors (Lipinski definition) is 6. The number of alkyl halides is 1. The minimum atomic E-state index is -1.38. The molecule has 1 aromatic carbocycles. The summed E-state index contributed by atoms with van der Waals surface area (Å²) in [4.78, 5) is 45.7. The average Bonchev–Trinajstić information content (AvgIpc) is 3.29. The first kappa shape index (κ1) is 20.6. The highest BCUT2D eigenvalue weighted by Crippen LogP contribution is 2.27. The highest BCUT2D eigenvalue weighted by Gasteiger charge is 2.40. The number of hydrogen-bond donors (Lipinski definition) is 1. The molecule has 2 atom stereocenters. The third-order valence-corrected chi connectivity index (χ3v) is 5.34. The standard InChI is InChI=1S/C21H20FN5O4/c1-11(28)20-16-5-13(14-7-23-12(2)24-8-14)3-4-17(16)27(25-20)10-19(29)26-9-15(22)6-18(26)21(30)31/h3-5,7-8,15,18H,6,9-10H2,1-2H3,(H,30,31). The van der Waals surface area contributed by atoms with Crippen LogP contribution in [0.5, 0.6) is 0 Å². The lowest BCUT2D eigenvalue weighted by atomic mass is 10.0. The Kier molecular flexibility index (Phi) is 5.22. The molecule has 1 fully saturated rings. The molecule has 1 aliphatic heterocycles. The van der Waals surface area contributed by atoms with E-state index in [-0.39, 0.29) is 31.0 Å². The zero-order valence-electron chi connectivity index (χ0n) is 16.9. The molecule has 0 aliphatic carbocycles. The smallest absolute Gasteiger partial charge is 0.326 e. The van der Waals surface area contributed by atoms with E-state index in [0.717, 1.165) is 16.0 Å². The lowest BCUT2D eigenvalue weighted by Crippen LogP contribution is -2.42. The van der Waals surface area contributed by atoms with Gasteiger partial charge in [0.25, 0.3) is 0 Å². The first-order valence-electron chi connectivity index (χ1n) is 9.71. The number of carboxylic acids is 1. The van der Waals surface area contributed by atoms with Gasteiger partial charge in [-0.25, -0.2) is 19.2 Å². The Bertz CT molecular complexity index is 1190. The molecule has 2 aromatic heterocycles. The number of ketones is 1. The molecule has 4 rings (SSSR count). The van der Waals surface area contributed by atoms with Crippen molar-refractivity contribution in [1.82, 2.24) is 24.6 Å². The summed E-state index contributed by atoms with van der Waals surface area (Å²) in [7, 11) is 0. The fourth-order valence-electron chi connectivity index (χ4n) is 3.79. The summed E-state index contributed by atoms with van der Waals surface area (Å²) < 4.78 is 15.1. The fraction of sp³-hybridized carbons (Fsp3) is 0.333. The molecular formula is C21H20FN5O4. The van der Waals surface area contributed by atoms with Crippen LogP contribution in [0.15, 0.2) is 30.6 Å². The summed E-state index contributed by atoms with van der Waals surface area (Å²) in [6.07, 6.45) is 1.74. The molecule has 9 nitrogen and oxygen atoms in total. The van der Waals surface area contributed by atoms with Crippen molar-refractivity contribution in [1.29, 1.82) is 0 Å². The predicted octanol–water partition coefficient (Wildman–Crippen LogP) is 2.03. The molecule has 0 bridgehead atoms. The van der Waals surface area contributed by atoms with Gasteiger partial charge < -0.3 is 10.0 Å². The van der Waals surface area contributed by atoms with Gasteiger partial charge in [-0.2, -0.15) is 5.10 Å². The van der Waals surface area contributed by atoms with E-state index in [4.69, 9.17) is 0 Å². The second kappa shape index (κ2) is 7.86. The van der Waals surface area contributed by atoms with Crippen molar-refractivity contribution in [2.24, 2.45) is 0 Å². The van der Waals surface area contributed by atoms with Crippen LogP contribution in [0.25, 0.3) is 22.0 Å². The zero-order valence-corrected chi connectivity index (χ0v) is 16.9. The van der Waals surface area contributed by atoms with E-state index < -0.39 is 24.1 Å². The molecule has 0 saturated carbocycles. The van der Waals surface area contributed by atoms with Crippen LogP contribution in [0.3, 0.4) is 0 Å². The van der Waals surface area contributed by atoms with Crippen LogP contribution in [-0.4, -0.2) is 66.2 Å².